The average molecular weight is 337 g/mol. The number of nitro groups is 1. The van der Waals surface area contributed by atoms with Crippen LogP contribution in [0.2, 0.25) is 0 Å². The maximum atomic E-state index is 11.8. The van der Waals surface area contributed by atoms with E-state index >= 15 is 0 Å². The van der Waals surface area contributed by atoms with Gasteiger partial charge < -0.3 is 15.0 Å². The van der Waals surface area contributed by atoms with Crippen LogP contribution in [0.3, 0.4) is 0 Å². The number of amides is 2. The quantitative estimate of drug-likeness (QED) is 0.445. The molecule has 0 aliphatic rings. The van der Waals surface area contributed by atoms with Crippen molar-refractivity contribution in [1.29, 1.82) is 0 Å². The van der Waals surface area contributed by atoms with Crippen LogP contribution in [0.5, 0.6) is 0 Å². The second kappa shape index (κ2) is 8.61. The van der Waals surface area contributed by atoms with Crippen molar-refractivity contribution < 1.29 is 24.0 Å². The predicted octanol–water partition coefficient (Wildman–Crippen LogP) is 0.735. The lowest BCUT2D eigenvalue weighted by molar-refractivity contribution is -0.384. The number of ether oxygens (including phenoxy) is 1. The molecule has 130 valence electrons. The average Bonchev–Trinajstić information content (AvgIpc) is 2.53. The van der Waals surface area contributed by atoms with Gasteiger partial charge in [-0.15, -0.1) is 0 Å². The highest BCUT2D eigenvalue weighted by molar-refractivity contribution is 5.94. The van der Waals surface area contributed by atoms with Gasteiger partial charge in [0.2, 0.25) is 0 Å². The summed E-state index contributed by atoms with van der Waals surface area (Å²) in [6, 6.07) is 5.09. The Morgan fingerprint density at radius 1 is 1.25 bits per heavy atom. The maximum absolute atomic E-state index is 11.8. The van der Waals surface area contributed by atoms with E-state index in [-0.39, 0.29) is 30.1 Å². The molecule has 9 heteroatoms. The van der Waals surface area contributed by atoms with Gasteiger partial charge in [0.25, 0.3) is 17.5 Å². The topological polar surface area (TPSA) is 119 Å². The van der Waals surface area contributed by atoms with Crippen molar-refractivity contribution in [2.75, 3.05) is 20.6 Å². The lowest BCUT2D eigenvalue weighted by atomic mass is 10.2. The third kappa shape index (κ3) is 5.67. The highest BCUT2D eigenvalue weighted by Gasteiger charge is 2.19. The summed E-state index contributed by atoms with van der Waals surface area (Å²) >= 11 is 0. The van der Waals surface area contributed by atoms with E-state index < -0.39 is 22.9 Å². The molecule has 0 aliphatic carbocycles. The number of likely N-dealkylation sites (N-methyl/N-ethyl adjacent to an activating group) is 1. The van der Waals surface area contributed by atoms with Crippen molar-refractivity contribution in [2.45, 2.75) is 19.4 Å². The standard InChI is InChI=1S/C15H19N3O6/c1-10(15(21)17(2)3)24-13(19)8-9-16-14(20)11-4-6-12(7-5-11)18(22)23/h4-7,10H,8-9H2,1-3H3,(H,16,20)/t10-/m1/s1. The van der Waals surface area contributed by atoms with E-state index in [1.54, 1.807) is 14.1 Å². The van der Waals surface area contributed by atoms with E-state index in [4.69, 9.17) is 4.74 Å². The number of esters is 1. The van der Waals surface area contributed by atoms with Gasteiger partial charge in [0.1, 0.15) is 0 Å². The van der Waals surface area contributed by atoms with E-state index in [1.807, 2.05) is 0 Å². The fraction of sp³-hybridized carbons (Fsp3) is 0.400. The molecule has 0 unspecified atom stereocenters. The smallest absolute Gasteiger partial charge is 0.308 e. The Kier molecular flexibility index (Phi) is 6.84. The van der Waals surface area contributed by atoms with Crippen LogP contribution in [0.15, 0.2) is 24.3 Å². The summed E-state index contributed by atoms with van der Waals surface area (Å²) < 4.78 is 4.95. The Balaban J connectivity index is 2.41. The molecule has 0 heterocycles. The molecule has 0 spiro atoms. The summed E-state index contributed by atoms with van der Waals surface area (Å²) in [4.78, 5) is 46.3. The number of benzene rings is 1. The van der Waals surface area contributed by atoms with Crippen LogP contribution in [0.4, 0.5) is 5.69 Å². The molecule has 9 nitrogen and oxygen atoms in total. The summed E-state index contributed by atoms with van der Waals surface area (Å²) in [5.41, 5.74) is 0.125. The molecule has 1 aromatic rings. The second-order valence-electron chi connectivity index (χ2n) is 5.17. The minimum absolute atomic E-state index is 0.0253. The fourth-order valence-corrected chi connectivity index (χ4v) is 1.78. The van der Waals surface area contributed by atoms with E-state index in [0.29, 0.717) is 0 Å². The van der Waals surface area contributed by atoms with E-state index in [2.05, 4.69) is 5.32 Å². The minimum atomic E-state index is -0.891. The first kappa shape index (κ1) is 19.1. The molecule has 0 saturated heterocycles. The highest BCUT2D eigenvalue weighted by atomic mass is 16.6. The van der Waals surface area contributed by atoms with Gasteiger partial charge in [0, 0.05) is 38.3 Å². The van der Waals surface area contributed by atoms with Gasteiger partial charge in [-0.1, -0.05) is 0 Å². The van der Waals surface area contributed by atoms with E-state index in [0.717, 1.165) is 0 Å². The molecule has 2 amide bonds. The number of nitrogens with zero attached hydrogens (tertiary/aromatic N) is 2. The number of nitrogens with one attached hydrogen (secondary N) is 1. The zero-order valence-corrected chi connectivity index (χ0v) is 13.6. The van der Waals surface area contributed by atoms with Crippen molar-refractivity contribution in [3.63, 3.8) is 0 Å². The summed E-state index contributed by atoms with van der Waals surface area (Å²) in [7, 11) is 3.11. The number of non-ortho nitro benzene ring substituents is 1. The summed E-state index contributed by atoms with van der Waals surface area (Å²) in [6.07, 6.45) is -0.984. The van der Waals surface area contributed by atoms with Crippen molar-refractivity contribution in [2.24, 2.45) is 0 Å². The van der Waals surface area contributed by atoms with Gasteiger partial charge in [0.15, 0.2) is 6.10 Å². The Labute approximate surface area is 138 Å². The molecular weight excluding hydrogens is 318 g/mol. The van der Waals surface area contributed by atoms with E-state index in [1.165, 1.54) is 36.1 Å². The van der Waals surface area contributed by atoms with Gasteiger partial charge >= 0.3 is 5.97 Å². The van der Waals surface area contributed by atoms with Crippen molar-refractivity contribution >= 4 is 23.5 Å². The van der Waals surface area contributed by atoms with Crippen LogP contribution in [-0.2, 0) is 14.3 Å². The van der Waals surface area contributed by atoms with Gasteiger partial charge in [-0.2, -0.15) is 0 Å². The van der Waals surface area contributed by atoms with Gasteiger partial charge in [-0.25, -0.2) is 0 Å². The largest absolute Gasteiger partial charge is 0.452 e. The molecule has 0 aliphatic heterocycles. The molecule has 0 bridgehead atoms. The molecule has 1 atom stereocenters. The number of hydrogen-bond acceptors (Lipinski definition) is 6. The fourth-order valence-electron chi connectivity index (χ4n) is 1.78. The second-order valence-corrected chi connectivity index (χ2v) is 5.17. The zero-order chi connectivity index (χ0) is 18.3. The lowest BCUT2D eigenvalue weighted by Gasteiger charge is -2.17. The molecule has 0 aromatic heterocycles. The van der Waals surface area contributed by atoms with Crippen LogP contribution in [0.25, 0.3) is 0 Å². The first-order chi connectivity index (χ1) is 11.2. The molecule has 1 N–H and O–H groups in total. The third-order valence-corrected chi connectivity index (χ3v) is 3.05. The van der Waals surface area contributed by atoms with Crippen LogP contribution in [0, 0.1) is 10.1 Å². The number of carbonyl (C=O) groups is 3. The van der Waals surface area contributed by atoms with Crippen LogP contribution in [0.1, 0.15) is 23.7 Å². The number of carbonyl (C=O) groups excluding carboxylic acids is 3. The molecule has 1 rings (SSSR count). The number of nitro benzene ring substituents is 1. The lowest BCUT2D eigenvalue weighted by Crippen LogP contribution is -2.35. The SMILES string of the molecule is C[C@@H](OC(=O)CCNC(=O)c1ccc([N+](=O)[O-])cc1)C(=O)N(C)C. The molecule has 24 heavy (non-hydrogen) atoms. The molecule has 0 radical (unpaired) electrons. The monoisotopic (exact) mass is 337 g/mol. The molecule has 0 saturated carbocycles. The first-order valence-electron chi connectivity index (χ1n) is 7.15. The van der Waals surface area contributed by atoms with Gasteiger partial charge in [-0.3, -0.25) is 24.5 Å². The van der Waals surface area contributed by atoms with Gasteiger partial charge in [0.05, 0.1) is 11.3 Å². The summed E-state index contributed by atoms with van der Waals surface area (Å²) in [6.45, 7) is 1.49. The van der Waals surface area contributed by atoms with Crippen LogP contribution in [-0.4, -0.2) is 54.4 Å². The predicted molar refractivity (Wildman–Crippen MR) is 84.3 cm³/mol. The summed E-state index contributed by atoms with van der Waals surface area (Å²) in [5.74, 6) is -1.41. The van der Waals surface area contributed by atoms with Crippen LogP contribution >= 0.6 is 0 Å². The maximum Gasteiger partial charge on any atom is 0.308 e. The van der Waals surface area contributed by atoms with Crippen molar-refractivity contribution in [3.8, 4) is 0 Å². The summed E-state index contributed by atoms with van der Waals surface area (Å²) in [5, 5.41) is 13.0. The number of rotatable bonds is 7. The molecular formula is C15H19N3O6. The van der Waals surface area contributed by atoms with Crippen molar-refractivity contribution in [3.05, 3.63) is 39.9 Å². The van der Waals surface area contributed by atoms with Crippen molar-refractivity contribution in [1.82, 2.24) is 10.2 Å². The van der Waals surface area contributed by atoms with E-state index in [9.17, 15) is 24.5 Å². The minimum Gasteiger partial charge on any atom is -0.452 e. The Morgan fingerprint density at radius 3 is 2.33 bits per heavy atom. The zero-order valence-electron chi connectivity index (χ0n) is 13.6. The molecule has 0 fully saturated rings. The normalized spacial score (nSPS) is 11.3. The molecule has 1 aromatic carbocycles. The Bertz CT molecular complexity index is 627. The first-order valence-corrected chi connectivity index (χ1v) is 7.15. The number of hydrogen-bond donors (Lipinski definition) is 1. The third-order valence-electron chi connectivity index (χ3n) is 3.05. The Hall–Kier alpha value is -2.97. The Morgan fingerprint density at radius 2 is 1.83 bits per heavy atom. The highest BCUT2D eigenvalue weighted by Crippen LogP contribution is 2.11. The van der Waals surface area contributed by atoms with Gasteiger partial charge in [-0.05, 0) is 19.1 Å². The van der Waals surface area contributed by atoms with Crippen LogP contribution < -0.4 is 5.32 Å².